The SMILES string of the molecule is CC1(C)c2ccccc2-c2cc3c4cc(-c5ccc6c(c5)c5cc7c(cc5n6-c5ccccc5-c5ccccc5)oc5ccccc57)ccc4n(-c4ccccc4)c3cc21. The van der Waals surface area contributed by atoms with Crippen molar-refractivity contribution in [1.29, 1.82) is 0 Å². The van der Waals surface area contributed by atoms with Crippen molar-refractivity contribution in [2.24, 2.45) is 0 Å². The summed E-state index contributed by atoms with van der Waals surface area (Å²) in [6, 6.07) is 71.2. The largest absolute Gasteiger partial charge is 0.456 e. The third-order valence-corrected chi connectivity index (χ3v) is 13.3. The second-order valence-corrected chi connectivity index (χ2v) is 16.9. The minimum Gasteiger partial charge on any atom is -0.456 e. The molecule has 0 N–H and O–H groups in total. The Hall–Kier alpha value is -7.62. The van der Waals surface area contributed by atoms with Gasteiger partial charge in [0, 0.05) is 55.0 Å². The minimum atomic E-state index is -0.0895. The summed E-state index contributed by atoms with van der Waals surface area (Å²) in [5.74, 6) is 0. The predicted octanol–water partition coefficient (Wildman–Crippen LogP) is 15.4. The molecule has 0 bridgehead atoms. The fourth-order valence-corrected chi connectivity index (χ4v) is 10.5. The van der Waals surface area contributed by atoms with Crippen LogP contribution in [0.15, 0.2) is 199 Å². The van der Waals surface area contributed by atoms with Crippen LogP contribution >= 0.6 is 0 Å². The molecule has 1 aliphatic rings. The highest BCUT2D eigenvalue weighted by atomic mass is 16.3. The van der Waals surface area contributed by atoms with Crippen LogP contribution in [0.25, 0.3) is 110 Å². The van der Waals surface area contributed by atoms with Crippen LogP contribution in [0.3, 0.4) is 0 Å². The first-order valence-corrected chi connectivity index (χ1v) is 20.8. The highest BCUT2D eigenvalue weighted by Crippen LogP contribution is 2.51. The van der Waals surface area contributed by atoms with Gasteiger partial charge in [0.15, 0.2) is 0 Å². The molecule has 0 radical (unpaired) electrons. The Morgan fingerprint density at radius 1 is 0.350 bits per heavy atom. The van der Waals surface area contributed by atoms with Crippen molar-refractivity contribution >= 4 is 65.6 Å². The van der Waals surface area contributed by atoms with Crippen molar-refractivity contribution in [3.05, 3.63) is 205 Å². The second-order valence-electron chi connectivity index (χ2n) is 16.9. The van der Waals surface area contributed by atoms with Crippen molar-refractivity contribution in [3.8, 4) is 44.8 Å². The summed E-state index contributed by atoms with van der Waals surface area (Å²) in [4.78, 5) is 0. The molecule has 3 nitrogen and oxygen atoms in total. The Morgan fingerprint density at radius 3 is 1.73 bits per heavy atom. The molecule has 282 valence electrons. The van der Waals surface area contributed by atoms with E-state index >= 15 is 0 Å². The summed E-state index contributed by atoms with van der Waals surface area (Å²) in [5, 5.41) is 7.20. The lowest BCUT2D eigenvalue weighted by molar-refractivity contribution is 0.661. The number of hydrogen-bond acceptors (Lipinski definition) is 1. The van der Waals surface area contributed by atoms with E-state index in [0.29, 0.717) is 0 Å². The van der Waals surface area contributed by atoms with Crippen LogP contribution < -0.4 is 0 Å². The first-order valence-electron chi connectivity index (χ1n) is 20.8. The first-order chi connectivity index (χ1) is 29.5. The van der Waals surface area contributed by atoms with E-state index in [4.69, 9.17) is 4.42 Å². The van der Waals surface area contributed by atoms with Gasteiger partial charge in [0.25, 0.3) is 0 Å². The van der Waals surface area contributed by atoms with Crippen molar-refractivity contribution in [3.63, 3.8) is 0 Å². The van der Waals surface area contributed by atoms with Gasteiger partial charge in [-0.15, -0.1) is 0 Å². The average Bonchev–Trinajstić information content (AvgIpc) is 3.99. The molecule has 13 rings (SSSR count). The summed E-state index contributed by atoms with van der Waals surface area (Å²) >= 11 is 0. The molecule has 3 heterocycles. The molecular weight excluding hydrogens is 729 g/mol. The van der Waals surface area contributed by atoms with Crippen molar-refractivity contribution < 1.29 is 4.42 Å². The Kier molecular flexibility index (Phi) is 6.78. The van der Waals surface area contributed by atoms with E-state index < -0.39 is 0 Å². The molecule has 0 spiro atoms. The molecule has 0 aliphatic heterocycles. The first kappa shape index (κ1) is 33.4. The number of fused-ring (bicyclic) bond motifs is 12. The lowest BCUT2D eigenvalue weighted by atomic mass is 9.82. The third-order valence-electron chi connectivity index (χ3n) is 13.3. The number of aromatic nitrogens is 2. The molecule has 0 amide bonds. The van der Waals surface area contributed by atoms with Crippen LogP contribution in [0, 0.1) is 0 Å². The number of hydrogen-bond donors (Lipinski definition) is 0. The Bertz CT molecular complexity index is 3730. The summed E-state index contributed by atoms with van der Waals surface area (Å²) in [6.45, 7) is 4.73. The van der Waals surface area contributed by atoms with Crippen LogP contribution in [0.1, 0.15) is 25.0 Å². The summed E-state index contributed by atoms with van der Waals surface area (Å²) in [5.41, 5.74) is 18.9. The number of nitrogens with zero attached hydrogens (tertiary/aromatic N) is 2. The Labute approximate surface area is 347 Å². The lowest BCUT2D eigenvalue weighted by Gasteiger charge is -2.21. The molecule has 12 aromatic rings. The third kappa shape index (κ3) is 4.60. The van der Waals surface area contributed by atoms with E-state index in [-0.39, 0.29) is 5.41 Å². The zero-order chi connectivity index (χ0) is 39.7. The van der Waals surface area contributed by atoms with Gasteiger partial charge in [0.1, 0.15) is 11.2 Å². The van der Waals surface area contributed by atoms with Gasteiger partial charge in [-0.3, -0.25) is 0 Å². The van der Waals surface area contributed by atoms with E-state index in [1.807, 2.05) is 6.07 Å². The van der Waals surface area contributed by atoms with Crippen molar-refractivity contribution in [1.82, 2.24) is 9.13 Å². The molecule has 0 fully saturated rings. The predicted molar refractivity (Wildman–Crippen MR) is 251 cm³/mol. The monoisotopic (exact) mass is 766 g/mol. The van der Waals surface area contributed by atoms with E-state index in [0.717, 1.165) is 38.7 Å². The quantitative estimate of drug-likeness (QED) is 0.175. The van der Waals surface area contributed by atoms with Gasteiger partial charge in [-0.25, -0.2) is 0 Å². The number of rotatable bonds is 4. The van der Waals surface area contributed by atoms with Crippen molar-refractivity contribution in [2.75, 3.05) is 0 Å². The molecule has 0 saturated heterocycles. The summed E-state index contributed by atoms with van der Waals surface area (Å²) in [7, 11) is 0. The normalized spacial score (nSPS) is 13.3. The molecular formula is C57H38N2O. The molecule has 9 aromatic carbocycles. The van der Waals surface area contributed by atoms with Crippen LogP contribution in [0.5, 0.6) is 0 Å². The van der Waals surface area contributed by atoms with E-state index in [1.54, 1.807) is 0 Å². The van der Waals surface area contributed by atoms with Crippen LogP contribution in [0.4, 0.5) is 0 Å². The topological polar surface area (TPSA) is 23.0 Å². The van der Waals surface area contributed by atoms with E-state index in [2.05, 4.69) is 211 Å². The number of furan rings is 1. The molecule has 3 aromatic heterocycles. The van der Waals surface area contributed by atoms with Gasteiger partial charge in [-0.05, 0) is 106 Å². The molecule has 0 atom stereocenters. The van der Waals surface area contributed by atoms with Gasteiger partial charge in [-0.2, -0.15) is 0 Å². The maximum Gasteiger partial charge on any atom is 0.137 e. The fourth-order valence-electron chi connectivity index (χ4n) is 10.5. The van der Waals surface area contributed by atoms with Crippen LogP contribution in [-0.4, -0.2) is 9.13 Å². The lowest BCUT2D eigenvalue weighted by Crippen LogP contribution is -2.14. The van der Waals surface area contributed by atoms with Gasteiger partial charge in [0.05, 0.1) is 27.8 Å². The standard InChI is InChI=1S/C57H38N2O/c1-57(2)48-22-12-9-20-40(48)42-31-45-43-29-36(25-27-51(43)58(53(45)33-49(42)57)38-17-7-4-8-18-38)37-26-28-52-44(30-37)46-32-47-41-21-11-14-24-55(41)60-56(47)34-54(46)59(52)50-23-13-10-19-39(50)35-15-5-3-6-16-35/h3-34H,1-2H3. The smallest absolute Gasteiger partial charge is 0.137 e. The van der Waals surface area contributed by atoms with Gasteiger partial charge < -0.3 is 13.6 Å². The number of para-hydroxylation sites is 3. The molecule has 0 unspecified atom stereocenters. The Balaban J connectivity index is 1.07. The molecule has 60 heavy (non-hydrogen) atoms. The molecule has 0 saturated carbocycles. The maximum absolute atomic E-state index is 6.51. The zero-order valence-corrected chi connectivity index (χ0v) is 33.3. The van der Waals surface area contributed by atoms with E-state index in [9.17, 15) is 0 Å². The van der Waals surface area contributed by atoms with Gasteiger partial charge in [0.2, 0.25) is 0 Å². The fraction of sp³-hybridized carbons (Fsp3) is 0.0526. The molecule has 3 heteroatoms. The van der Waals surface area contributed by atoms with E-state index in [1.165, 1.54) is 82.8 Å². The number of benzene rings is 9. The van der Waals surface area contributed by atoms with Crippen LogP contribution in [-0.2, 0) is 5.41 Å². The van der Waals surface area contributed by atoms with Crippen molar-refractivity contribution in [2.45, 2.75) is 19.3 Å². The van der Waals surface area contributed by atoms with Gasteiger partial charge >= 0.3 is 0 Å². The molecule has 1 aliphatic carbocycles. The highest BCUT2D eigenvalue weighted by Gasteiger charge is 2.36. The Morgan fingerprint density at radius 2 is 0.950 bits per heavy atom. The van der Waals surface area contributed by atoms with Crippen LogP contribution in [0.2, 0.25) is 0 Å². The van der Waals surface area contributed by atoms with Gasteiger partial charge in [-0.1, -0.05) is 135 Å². The maximum atomic E-state index is 6.51. The summed E-state index contributed by atoms with van der Waals surface area (Å²) in [6.07, 6.45) is 0. The second kappa shape index (κ2) is 12.2. The zero-order valence-electron chi connectivity index (χ0n) is 33.3. The average molecular weight is 767 g/mol. The summed E-state index contributed by atoms with van der Waals surface area (Å²) < 4.78 is 11.4. The highest BCUT2D eigenvalue weighted by molar-refractivity contribution is 6.19. The minimum absolute atomic E-state index is 0.0895.